The number of aliphatic hydroxyl groups excluding tert-OH is 1. The largest absolute Gasteiger partial charge is 0.396 e. The molecular weight excluding hydrogens is 316 g/mol. The van der Waals surface area contributed by atoms with Crippen LogP contribution in [0.4, 0.5) is 0 Å². The van der Waals surface area contributed by atoms with Crippen LogP contribution in [0.1, 0.15) is 37.3 Å². The minimum absolute atomic E-state index is 0. The van der Waals surface area contributed by atoms with Crippen molar-refractivity contribution in [2.75, 3.05) is 32.8 Å². The summed E-state index contributed by atoms with van der Waals surface area (Å²) in [6, 6.07) is 2.04. The van der Waals surface area contributed by atoms with Gasteiger partial charge in [0.05, 0.1) is 0 Å². The summed E-state index contributed by atoms with van der Waals surface area (Å²) in [7, 11) is 0. The number of aromatic nitrogens is 2. The van der Waals surface area contributed by atoms with Crippen molar-refractivity contribution in [2.45, 2.75) is 38.1 Å². The molecule has 23 heavy (non-hydrogen) atoms. The highest BCUT2D eigenvalue weighted by Crippen LogP contribution is 2.23. The molecule has 0 spiro atoms. The highest BCUT2D eigenvalue weighted by molar-refractivity contribution is 5.85. The molecule has 0 bridgehead atoms. The first-order chi connectivity index (χ1) is 10.8. The molecule has 0 saturated carbocycles. The van der Waals surface area contributed by atoms with Crippen molar-refractivity contribution in [1.82, 2.24) is 20.0 Å². The van der Waals surface area contributed by atoms with Crippen molar-refractivity contribution in [2.24, 2.45) is 5.92 Å². The molecule has 6 nitrogen and oxygen atoms in total. The SMILES string of the molecule is Cl.O=C(Cn1nccc1C1CCCNC1)N1CCC(CO)CC1. The maximum absolute atomic E-state index is 12.5. The number of hydrogen-bond donors (Lipinski definition) is 2. The van der Waals surface area contributed by atoms with Gasteiger partial charge < -0.3 is 15.3 Å². The molecule has 1 amide bonds. The van der Waals surface area contributed by atoms with E-state index in [9.17, 15) is 9.90 Å². The Morgan fingerprint density at radius 2 is 2.13 bits per heavy atom. The van der Waals surface area contributed by atoms with Gasteiger partial charge in [0.1, 0.15) is 6.54 Å². The van der Waals surface area contributed by atoms with Crippen LogP contribution in [-0.2, 0) is 11.3 Å². The van der Waals surface area contributed by atoms with E-state index in [2.05, 4.69) is 10.4 Å². The monoisotopic (exact) mass is 342 g/mol. The Morgan fingerprint density at radius 1 is 1.35 bits per heavy atom. The number of piperidine rings is 2. The summed E-state index contributed by atoms with van der Waals surface area (Å²) in [6.45, 7) is 4.14. The van der Waals surface area contributed by atoms with Crippen LogP contribution in [-0.4, -0.2) is 58.5 Å². The summed E-state index contributed by atoms with van der Waals surface area (Å²) >= 11 is 0. The van der Waals surface area contributed by atoms with E-state index in [-0.39, 0.29) is 24.9 Å². The maximum Gasteiger partial charge on any atom is 0.244 e. The van der Waals surface area contributed by atoms with E-state index in [1.807, 2.05) is 15.6 Å². The molecule has 3 rings (SSSR count). The summed E-state index contributed by atoms with van der Waals surface area (Å²) in [4.78, 5) is 14.4. The van der Waals surface area contributed by atoms with Crippen LogP contribution >= 0.6 is 12.4 Å². The molecule has 1 atom stereocenters. The average molecular weight is 343 g/mol. The summed E-state index contributed by atoms with van der Waals surface area (Å²) in [5, 5.41) is 17.0. The number of aliphatic hydroxyl groups is 1. The van der Waals surface area contributed by atoms with Gasteiger partial charge in [0.2, 0.25) is 5.91 Å². The third-order valence-corrected chi connectivity index (χ3v) is 4.98. The van der Waals surface area contributed by atoms with Gasteiger partial charge in [0.25, 0.3) is 0 Å². The van der Waals surface area contributed by atoms with Crippen LogP contribution < -0.4 is 5.32 Å². The Labute approximate surface area is 143 Å². The second kappa shape index (κ2) is 8.66. The lowest BCUT2D eigenvalue weighted by Gasteiger charge is -2.31. The first-order valence-electron chi connectivity index (χ1n) is 8.39. The van der Waals surface area contributed by atoms with E-state index in [4.69, 9.17) is 0 Å². The fourth-order valence-corrected chi connectivity index (χ4v) is 3.52. The van der Waals surface area contributed by atoms with Crippen molar-refractivity contribution in [3.8, 4) is 0 Å². The number of amides is 1. The molecule has 2 fully saturated rings. The highest BCUT2D eigenvalue weighted by atomic mass is 35.5. The summed E-state index contributed by atoms with van der Waals surface area (Å²) in [5.41, 5.74) is 1.17. The number of hydrogen-bond acceptors (Lipinski definition) is 4. The van der Waals surface area contributed by atoms with E-state index < -0.39 is 0 Å². The van der Waals surface area contributed by atoms with Crippen molar-refractivity contribution in [3.05, 3.63) is 18.0 Å². The number of carbonyl (C=O) groups is 1. The van der Waals surface area contributed by atoms with Gasteiger partial charge in [-0.05, 0) is 44.2 Å². The third-order valence-electron chi connectivity index (χ3n) is 4.98. The van der Waals surface area contributed by atoms with Gasteiger partial charge in [-0.2, -0.15) is 5.10 Å². The van der Waals surface area contributed by atoms with Crippen LogP contribution in [0.25, 0.3) is 0 Å². The topological polar surface area (TPSA) is 70.4 Å². The predicted octanol–water partition coefficient (Wildman–Crippen LogP) is 1.00. The highest BCUT2D eigenvalue weighted by Gasteiger charge is 2.24. The Morgan fingerprint density at radius 3 is 2.78 bits per heavy atom. The van der Waals surface area contributed by atoms with Gasteiger partial charge in [-0.3, -0.25) is 9.48 Å². The number of nitrogens with zero attached hydrogens (tertiary/aromatic N) is 3. The van der Waals surface area contributed by atoms with Crippen molar-refractivity contribution < 1.29 is 9.90 Å². The molecule has 7 heteroatoms. The molecule has 1 unspecified atom stereocenters. The van der Waals surface area contributed by atoms with Gasteiger partial charge in [0.15, 0.2) is 0 Å². The lowest BCUT2D eigenvalue weighted by molar-refractivity contribution is -0.133. The Balaban J connectivity index is 0.00000192. The zero-order valence-corrected chi connectivity index (χ0v) is 14.3. The number of likely N-dealkylation sites (tertiary alicyclic amines) is 1. The first kappa shape index (κ1) is 18.2. The van der Waals surface area contributed by atoms with Crippen molar-refractivity contribution in [3.63, 3.8) is 0 Å². The second-order valence-corrected chi connectivity index (χ2v) is 6.46. The predicted molar refractivity (Wildman–Crippen MR) is 90.7 cm³/mol. The van der Waals surface area contributed by atoms with Crippen LogP contribution in [0.3, 0.4) is 0 Å². The molecule has 3 heterocycles. The van der Waals surface area contributed by atoms with E-state index in [0.717, 1.165) is 45.4 Å². The third kappa shape index (κ3) is 4.46. The lowest BCUT2D eigenvalue weighted by Crippen LogP contribution is -2.41. The quantitative estimate of drug-likeness (QED) is 0.856. The minimum atomic E-state index is 0. The van der Waals surface area contributed by atoms with Crippen LogP contribution in [0.2, 0.25) is 0 Å². The number of rotatable bonds is 4. The standard InChI is InChI=1S/C16H26N4O2.ClH/c21-12-13-4-8-19(9-5-13)16(22)11-20-15(3-7-18-20)14-2-1-6-17-10-14;/h3,7,13-14,17,21H,1-2,4-6,8-12H2;1H. The van der Waals surface area contributed by atoms with Gasteiger partial charge in [-0.25, -0.2) is 0 Å². The number of nitrogens with one attached hydrogen (secondary N) is 1. The second-order valence-electron chi connectivity index (χ2n) is 6.46. The zero-order chi connectivity index (χ0) is 15.4. The van der Waals surface area contributed by atoms with Gasteiger partial charge in [-0.1, -0.05) is 0 Å². The Bertz CT molecular complexity index is 494. The zero-order valence-electron chi connectivity index (χ0n) is 13.5. The van der Waals surface area contributed by atoms with E-state index in [1.54, 1.807) is 6.20 Å². The normalized spacial score (nSPS) is 22.7. The van der Waals surface area contributed by atoms with Gasteiger partial charge >= 0.3 is 0 Å². The summed E-state index contributed by atoms with van der Waals surface area (Å²) in [6.07, 6.45) is 5.95. The van der Waals surface area contributed by atoms with E-state index in [1.165, 1.54) is 12.1 Å². The molecule has 2 aliphatic heterocycles. The van der Waals surface area contributed by atoms with E-state index in [0.29, 0.717) is 18.4 Å². The lowest BCUT2D eigenvalue weighted by atomic mass is 9.96. The molecule has 0 aliphatic carbocycles. The van der Waals surface area contributed by atoms with Crippen molar-refractivity contribution in [1.29, 1.82) is 0 Å². The van der Waals surface area contributed by atoms with Crippen LogP contribution in [0, 0.1) is 5.92 Å². The fourth-order valence-electron chi connectivity index (χ4n) is 3.52. The molecule has 2 saturated heterocycles. The first-order valence-corrected chi connectivity index (χ1v) is 8.39. The Kier molecular flexibility index (Phi) is 6.87. The smallest absolute Gasteiger partial charge is 0.244 e. The van der Waals surface area contributed by atoms with Gasteiger partial charge in [0, 0.05) is 44.0 Å². The van der Waals surface area contributed by atoms with E-state index >= 15 is 0 Å². The number of halogens is 1. The van der Waals surface area contributed by atoms with Gasteiger partial charge in [-0.15, -0.1) is 12.4 Å². The fraction of sp³-hybridized carbons (Fsp3) is 0.750. The molecular formula is C16H27ClN4O2. The van der Waals surface area contributed by atoms with Crippen LogP contribution in [0.15, 0.2) is 12.3 Å². The summed E-state index contributed by atoms with van der Waals surface area (Å²) < 4.78 is 1.87. The molecule has 1 aromatic heterocycles. The average Bonchev–Trinajstić information content (AvgIpc) is 3.04. The van der Waals surface area contributed by atoms with Crippen molar-refractivity contribution >= 4 is 18.3 Å². The molecule has 130 valence electrons. The molecule has 2 N–H and O–H groups in total. The van der Waals surface area contributed by atoms with Crippen LogP contribution in [0.5, 0.6) is 0 Å². The molecule has 2 aliphatic rings. The molecule has 0 aromatic carbocycles. The minimum Gasteiger partial charge on any atom is -0.396 e. The summed E-state index contributed by atoms with van der Waals surface area (Å²) in [5.74, 6) is 0.965. The Hall–Kier alpha value is -1.11. The molecule has 0 radical (unpaired) electrons. The molecule has 1 aromatic rings. The maximum atomic E-state index is 12.5. The number of carbonyl (C=O) groups excluding carboxylic acids is 1.